The van der Waals surface area contributed by atoms with E-state index in [1.165, 1.54) is 69.8 Å². The maximum Gasteiger partial charge on any atom is 0.159 e. The molecule has 0 bridgehead atoms. The van der Waals surface area contributed by atoms with Crippen LogP contribution in [-0.2, 0) is 6.42 Å². The Balaban J connectivity index is 1.70. The number of aryl methyl sites for hydroxylation is 1. The van der Waals surface area contributed by atoms with Crippen molar-refractivity contribution in [2.24, 2.45) is 5.92 Å². The summed E-state index contributed by atoms with van der Waals surface area (Å²) >= 11 is 0. The number of nitrogens with zero attached hydrogens (tertiary/aromatic N) is 2. The van der Waals surface area contributed by atoms with Crippen molar-refractivity contribution in [1.29, 1.82) is 0 Å². The molecule has 0 aliphatic heterocycles. The fourth-order valence-corrected chi connectivity index (χ4v) is 3.76. The topological polar surface area (TPSA) is 35.0 Å². The smallest absolute Gasteiger partial charge is 0.159 e. The lowest BCUT2D eigenvalue weighted by molar-refractivity contribution is 0.304. The van der Waals surface area contributed by atoms with E-state index in [0.717, 1.165) is 42.5 Å². The summed E-state index contributed by atoms with van der Waals surface area (Å²) < 4.78 is 5.87. The molecule has 1 unspecified atom stereocenters. The number of ether oxygens (including phenoxy) is 1. The van der Waals surface area contributed by atoms with Crippen molar-refractivity contribution < 1.29 is 4.74 Å². The highest BCUT2D eigenvalue weighted by Gasteiger charge is 2.05. The second-order valence-corrected chi connectivity index (χ2v) is 8.70. The maximum atomic E-state index is 5.87. The van der Waals surface area contributed by atoms with Crippen LogP contribution in [0.25, 0.3) is 11.4 Å². The van der Waals surface area contributed by atoms with Crippen molar-refractivity contribution in [2.75, 3.05) is 6.61 Å². The first-order valence-corrected chi connectivity index (χ1v) is 12.3. The standard InChI is InChI=1S/C27H42N2O/c1-4-6-8-9-10-11-20-30-26-18-16-25(17-19-26)27-28-21-24(22-29-27)15-12-14-23(3)13-7-5-2/h16-19,21-23H,4-15,20H2,1-3H3. The van der Waals surface area contributed by atoms with E-state index in [2.05, 4.69) is 42.9 Å². The lowest BCUT2D eigenvalue weighted by Gasteiger charge is -2.10. The van der Waals surface area contributed by atoms with E-state index >= 15 is 0 Å². The number of hydrogen-bond donors (Lipinski definition) is 0. The Hall–Kier alpha value is -1.90. The molecule has 1 aromatic heterocycles. The van der Waals surface area contributed by atoms with Crippen molar-refractivity contribution in [3.63, 3.8) is 0 Å². The van der Waals surface area contributed by atoms with Crippen LogP contribution in [0.15, 0.2) is 36.7 Å². The summed E-state index contributed by atoms with van der Waals surface area (Å²) in [5.74, 6) is 2.55. The summed E-state index contributed by atoms with van der Waals surface area (Å²) in [6.07, 6.45) is 19.3. The van der Waals surface area contributed by atoms with Crippen LogP contribution < -0.4 is 4.74 Å². The summed E-state index contributed by atoms with van der Waals surface area (Å²) in [5.41, 5.74) is 2.28. The van der Waals surface area contributed by atoms with E-state index in [0.29, 0.717) is 0 Å². The number of benzene rings is 1. The molecule has 0 N–H and O–H groups in total. The molecule has 0 amide bonds. The Labute approximate surface area is 184 Å². The van der Waals surface area contributed by atoms with Gasteiger partial charge in [0.05, 0.1) is 6.61 Å². The average Bonchev–Trinajstić information content (AvgIpc) is 2.78. The summed E-state index contributed by atoms with van der Waals surface area (Å²) in [5, 5.41) is 0. The van der Waals surface area contributed by atoms with Crippen LogP contribution >= 0.6 is 0 Å². The maximum absolute atomic E-state index is 5.87. The van der Waals surface area contributed by atoms with Crippen molar-refractivity contribution in [3.05, 3.63) is 42.2 Å². The fourth-order valence-electron chi connectivity index (χ4n) is 3.76. The third-order valence-corrected chi connectivity index (χ3v) is 5.80. The van der Waals surface area contributed by atoms with Crippen LogP contribution in [-0.4, -0.2) is 16.6 Å². The minimum Gasteiger partial charge on any atom is -0.494 e. The predicted octanol–water partition coefficient (Wildman–Crippen LogP) is 8.03. The molecule has 0 spiro atoms. The SMILES string of the molecule is CCCCCCCCOc1ccc(-c2ncc(CCCC(C)CCCC)cn2)cc1. The highest BCUT2D eigenvalue weighted by atomic mass is 16.5. The van der Waals surface area contributed by atoms with E-state index in [-0.39, 0.29) is 0 Å². The molecule has 2 rings (SSSR count). The van der Waals surface area contributed by atoms with E-state index in [1.807, 2.05) is 24.5 Å². The Kier molecular flexibility index (Phi) is 12.2. The van der Waals surface area contributed by atoms with E-state index < -0.39 is 0 Å². The third kappa shape index (κ3) is 9.73. The molecular formula is C27H42N2O. The molecule has 2 aromatic rings. The molecule has 0 saturated heterocycles. The van der Waals surface area contributed by atoms with Crippen molar-refractivity contribution in [2.45, 2.75) is 97.8 Å². The van der Waals surface area contributed by atoms with Gasteiger partial charge in [0.2, 0.25) is 0 Å². The third-order valence-electron chi connectivity index (χ3n) is 5.80. The molecule has 0 saturated carbocycles. The quantitative estimate of drug-likeness (QED) is 0.263. The van der Waals surface area contributed by atoms with Crippen LogP contribution in [0.3, 0.4) is 0 Å². The number of rotatable bonds is 16. The lowest BCUT2D eigenvalue weighted by Crippen LogP contribution is -1.98. The van der Waals surface area contributed by atoms with Gasteiger partial charge in [-0.3, -0.25) is 0 Å². The summed E-state index contributed by atoms with van der Waals surface area (Å²) in [7, 11) is 0. The van der Waals surface area contributed by atoms with Gasteiger partial charge in [0.25, 0.3) is 0 Å². The van der Waals surface area contributed by atoms with Gasteiger partial charge < -0.3 is 4.74 Å². The molecule has 30 heavy (non-hydrogen) atoms. The Morgan fingerprint density at radius 1 is 0.767 bits per heavy atom. The Bertz CT molecular complexity index is 666. The molecule has 3 nitrogen and oxygen atoms in total. The number of unbranched alkanes of at least 4 members (excludes halogenated alkanes) is 6. The molecular weight excluding hydrogens is 368 g/mol. The first kappa shape index (κ1) is 24.4. The summed E-state index contributed by atoms with van der Waals surface area (Å²) in [6.45, 7) is 7.69. The molecule has 0 aliphatic rings. The number of hydrogen-bond acceptors (Lipinski definition) is 3. The van der Waals surface area contributed by atoms with Gasteiger partial charge in [0.15, 0.2) is 5.82 Å². The average molecular weight is 411 g/mol. The second kappa shape index (κ2) is 15.0. The molecule has 1 aromatic carbocycles. The van der Waals surface area contributed by atoms with E-state index in [1.54, 1.807) is 0 Å². The van der Waals surface area contributed by atoms with Gasteiger partial charge in [0, 0.05) is 18.0 Å². The molecule has 0 radical (unpaired) electrons. The van der Waals surface area contributed by atoms with Crippen LogP contribution in [0.1, 0.15) is 97.0 Å². The number of aromatic nitrogens is 2. The lowest BCUT2D eigenvalue weighted by atomic mass is 9.97. The van der Waals surface area contributed by atoms with Gasteiger partial charge in [0.1, 0.15) is 5.75 Å². The Morgan fingerprint density at radius 3 is 2.10 bits per heavy atom. The molecule has 0 aliphatic carbocycles. The largest absolute Gasteiger partial charge is 0.494 e. The van der Waals surface area contributed by atoms with Gasteiger partial charge in [-0.25, -0.2) is 9.97 Å². The van der Waals surface area contributed by atoms with Gasteiger partial charge in [-0.05, 0) is 55.0 Å². The Morgan fingerprint density at radius 2 is 1.40 bits per heavy atom. The molecule has 3 heteroatoms. The fraction of sp³-hybridized carbons (Fsp3) is 0.630. The van der Waals surface area contributed by atoms with Gasteiger partial charge >= 0.3 is 0 Å². The van der Waals surface area contributed by atoms with Gasteiger partial charge in [-0.1, -0.05) is 78.6 Å². The zero-order valence-corrected chi connectivity index (χ0v) is 19.5. The van der Waals surface area contributed by atoms with Crippen molar-refractivity contribution in [3.8, 4) is 17.1 Å². The van der Waals surface area contributed by atoms with Gasteiger partial charge in [-0.2, -0.15) is 0 Å². The molecule has 1 atom stereocenters. The highest BCUT2D eigenvalue weighted by Crippen LogP contribution is 2.20. The predicted molar refractivity (Wildman–Crippen MR) is 128 cm³/mol. The van der Waals surface area contributed by atoms with E-state index in [4.69, 9.17) is 4.74 Å². The highest BCUT2D eigenvalue weighted by molar-refractivity contribution is 5.55. The van der Waals surface area contributed by atoms with E-state index in [9.17, 15) is 0 Å². The van der Waals surface area contributed by atoms with Crippen LogP contribution in [0.2, 0.25) is 0 Å². The molecule has 166 valence electrons. The van der Waals surface area contributed by atoms with Gasteiger partial charge in [-0.15, -0.1) is 0 Å². The minimum atomic E-state index is 0.789. The normalized spacial score (nSPS) is 12.1. The minimum absolute atomic E-state index is 0.789. The monoisotopic (exact) mass is 410 g/mol. The summed E-state index contributed by atoms with van der Waals surface area (Å²) in [4.78, 5) is 9.17. The zero-order chi connectivity index (χ0) is 21.4. The first-order valence-electron chi connectivity index (χ1n) is 12.3. The van der Waals surface area contributed by atoms with Crippen LogP contribution in [0.4, 0.5) is 0 Å². The second-order valence-electron chi connectivity index (χ2n) is 8.70. The first-order chi connectivity index (χ1) is 14.7. The van der Waals surface area contributed by atoms with Crippen molar-refractivity contribution in [1.82, 2.24) is 9.97 Å². The molecule has 1 heterocycles. The molecule has 0 fully saturated rings. The zero-order valence-electron chi connectivity index (χ0n) is 19.5. The summed E-state index contributed by atoms with van der Waals surface area (Å²) in [6, 6.07) is 8.17. The van der Waals surface area contributed by atoms with Crippen LogP contribution in [0.5, 0.6) is 5.75 Å². The van der Waals surface area contributed by atoms with Crippen LogP contribution in [0, 0.1) is 5.92 Å². The van der Waals surface area contributed by atoms with Crippen molar-refractivity contribution >= 4 is 0 Å².